The maximum absolute atomic E-state index is 13.9. The number of carbonyl (C=O) groups is 4. The van der Waals surface area contributed by atoms with Gasteiger partial charge in [-0.15, -0.1) is 11.6 Å². The van der Waals surface area contributed by atoms with Gasteiger partial charge < -0.3 is 27.6 Å². The normalized spacial score (nSPS) is 25.2. The molecule has 8 N–H and O–H groups in total. The SMILES string of the molecule is CC(C)(C)[N+]1(C(=O)C(O)C(Cc2ccccc2)NC(=O)[C@@H](N)CC(N)=O)CC(Cl)C[C@H]1C(N)=O. The van der Waals surface area contributed by atoms with Crippen molar-refractivity contribution in [1.29, 1.82) is 0 Å². The lowest BCUT2D eigenvalue weighted by molar-refractivity contribution is -0.904. The van der Waals surface area contributed by atoms with Crippen molar-refractivity contribution in [2.75, 3.05) is 6.54 Å². The van der Waals surface area contributed by atoms with Crippen LogP contribution in [0.2, 0.25) is 0 Å². The summed E-state index contributed by atoms with van der Waals surface area (Å²) in [5, 5.41) is 13.4. The van der Waals surface area contributed by atoms with Gasteiger partial charge in [-0.25, -0.2) is 9.28 Å². The molecule has 34 heavy (non-hydrogen) atoms. The summed E-state index contributed by atoms with van der Waals surface area (Å²) in [6.45, 7) is 5.42. The van der Waals surface area contributed by atoms with Crippen molar-refractivity contribution < 1.29 is 28.8 Å². The van der Waals surface area contributed by atoms with Gasteiger partial charge in [0.1, 0.15) is 6.54 Å². The minimum absolute atomic E-state index is 0.0957. The van der Waals surface area contributed by atoms with Crippen molar-refractivity contribution in [2.24, 2.45) is 17.2 Å². The molecule has 0 spiro atoms. The fourth-order valence-corrected chi connectivity index (χ4v) is 5.09. The van der Waals surface area contributed by atoms with Gasteiger partial charge in [0.2, 0.25) is 11.8 Å². The van der Waals surface area contributed by atoms with Gasteiger partial charge in [0, 0.05) is 6.42 Å². The Kier molecular flexibility index (Phi) is 8.81. The van der Waals surface area contributed by atoms with Crippen LogP contribution in [0.5, 0.6) is 0 Å². The van der Waals surface area contributed by atoms with E-state index in [1.807, 2.05) is 6.07 Å². The Bertz CT molecular complexity index is 922. The number of hydrogen-bond acceptors (Lipinski definition) is 6. The highest BCUT2D eigenvalue weighted by Gasteiger charge is 2.62. The highest BCUT2D eigenvalue weighted by molar-refractivity contribution is 6.21. The molecule has 1 aliphatic rings. The molecule has 10 nitrogen and oxygen atoms in total. The maximum atomic E-state index is 13.9. The molecule has 1 heterocycles. The number of halogens is 1. The van der Waals surface area contributed by atoms with Gasteiger partial charge in [-0.2, -0.15) is 0 Å². The molecule has 6 atom stereocenters. The number of amides is 4. The number of primary amides is 2. The second-order valence-corrected chi connectivity index (χ2v) is 10.5. The van der Waals surface area contributed by atoms with E-state index in [1.165, 1.54) is 0 Å². The number of nitrogens with zero attached hydrogens (tertiary/aromatic N) is 1. The van der Waals surface area contributed by atoms with Gasteiger partial charge in [-0.1, -0.05) is 30.3 Å². The summed E-state index contributed by atoms with van der Waals surface area (Å²) in [5.41, 5.74) is 16.5. The first-order valence-electron chi connectivity index (χ1n) is 11.1. The fourth-order valence-electron chi connectivity index (χ4n) is 4.70. The first-order valence-corrected chi connectivity index (χ1v) is 11.6. The first-order chi connectivity index (χ1) is 15.7. The molecule has 4 unspecified atom stereocenters. The maximum Gasteiger partial charge on any atom is 0.345 e. The smallest absolute Gasteiger partial charge is 0.345 e. The largest absolute Gasteiger partial charge is 0.378 e. The standard InChI is InChI=1S/C23H34ClN5O5/c1-23(2,3)29(12-14(24)10-17(29)20(27)32)22(34)19(31)16(9-13-7-5-4-6-8-13)28-21(33)15(25)11-18(26)30/h4-8,14-17,19,31H,9-12,25H2,1-3H3,(H4-,26,27,28,30,32,33)/p+1/t14?,15-,16?,17-,19?,29?/m0/s1. The molecule has 4 amide bonds. The van der Waals surface area contributed by atoms with Gasteiger partial charge >= 0.3 is 5.91 Å². The van der Waals surface area contributed by atoms with Crippen molar-refractivity contribution in [3.8, 4) is 0 Å². The zero-order valence-electron chi connectivity index (χ0n) is 19.7. The van der Waals surface area contributed by atoms with Crippen LogP contribution < -0.4 is 22.5 Å². The van der Waals surface area contributed by atoms with E-state index < -0.39 is 69.7 Å². The third-order valence-corrected chi connectivity index (χ3v) is 6.75. The zero-order valence-corrected chi connectivity index (χ0v) is 20.5. The van der Waals surface area contributed by atoms with Gasteiger partial charge in [0.25, 0.3) is 5.91 Å². The zero-order chi connectivity index (χ0) is 25.8. The number of alkyl halides is 1. The highest BCUT2D eigenvalue weighted by atomic mass is 35.5. The lowest BCUT2D eigenvalue weighted by atomic mass is 9.93. The first kappa shape index (κ1) is 27.7. The molecule has 1 saturated heterocycles. The number of quaternary nitrogens is 1. The molecule has 0 radical (unpaired) electrons. The lowest BCUT2D eigenvalue weighted by Crippen LogP contribution is -2.72. The van der Waals surface area contributed by atoms with Crippen molar-refractivity contribution in [1.82, 2.24) is 5.32 Å². The Morgan fingerprint density at radius 3 is 2.26 bits per heavy atom. The Morgan fingerprint density at radius 1 is 1.18 bits per heavy atom. The molecule has 1 aliphatic heterocycles. The number of nitrogens with one attached hydrogen (secondary N) is 1. The number of carbonyl (C=O) groups excluding carboxylic acids is 4. The molecule has 1 aromatic rings. The van der Waals surface area contributed by atoms with E-state index in [1.54, 1.807) is 45.0 Å². The van der Waals surface area contributed by atoms with Crippen LogP contribution in [0, 0.1) is 0 Å². The predicted molar refractivity (Wildman–Crippen MR) is 127 cm³/mol. The molecule has 1 aromatic carbocycles. The van der Waals surface area contributed by atoms with E-state index in [9.17, 15) is 24.3 Å². The number of aliphatic hydroxyl groups excluding tert-OH is 1. The second kappa shape index (κ2) is 10.8. The number of hydrogen-bond donors (Lipinski definition) is 5. The van der Waals surface area contributed by atoms with Crippen LogP contribution in [0.3, 0.4) is 0 Å². The third-order valence-electron chi connectivity index (χ3n) is 6.43. The van der Waals surface area contributed by atoms with Gasteiger partial charge in [-0.05, 0) is 32.8 Å². The average molecular weight is 497 g/mol. The minimum atomic E-state index is -1.71. The van der Waals surface area contributed by atoms with E-state index in [0.29, 0.717) is 0 Å². The van der Waals surface area contributed by atoms with Crippen LogP contribution in [-0.4, -0.2) is 74.9 Å². The summed E-state index contributed by atoms with van der Waals surface area (Å²) in [7, 11) is 0. The van der Waals surface area contributed by atoms with E-state index in [4.69, 9.17) is 28.8 Å². The molecular formula is C23H35ClN5O5+. The quantitative estimate of drug-likeness (QED) is 0.222. The van der Waals surface area contributed by atoms with E-state index in [-0.39, 0.29) is 19.4 Å². The van der Waals surface area contributed by atoms with Gasteiger partial charge in [0.15, 0.2) is 12.1 Å². The van der Waals surface area contributed by atoms with Crippen molar-refractivity contribution >= 4 is 35.2 Å². The van der Waals surface area contributed by atoms with Crippen LogP contribution in [-0.2, 0) is 25.6 Å². The monoisotopic (exact) mass is 496 g/mol. The Labute approximate surface area is 204 Å². The van der Waals surface area contributed by atoms with E-state index >= 15 is 0 Å². The lowest BCUT2D eigenvalue weighted by Gasteiger charge is -2.47. The van der Waals surface area contributed by atoms with Gasteiger partial charge in [0.05, 0.1) is 29.4 Å². The molecule has 0 aliphatic carbocycles. The molecule has 0 bridgehead atoms. The summed E-state index contributed by atoms with van der Waals surface area (Å²) in [5.74, 6) is -2.86. The fraction of sp³-hybridized carbons (Fsp3) is 0.565. The number of likely N-dealkylation sites (tertiary alicyclic amines) is 1. The summed E-state index contributed by atoms with van der Waals surface area (Å²) in [6, 6.07) is 5.66. The molecule has 2 rings (SSSR count). The summed E-state index contributed by atoms with van der Waals surface area (Å²) < 4.78 is -0.452. The third kappa shape index (κ3) is 5.93. The predicted octanol–water partition coefficient (Wildman–Crippen LogP) is -0.716. The number of aliphatic hydroxyl groups is 1. The molecule has 11 heteroatoms. The number of rotatable bonds is 9. The van der Waals surface area contributed by atoms with Crippen molar-refractivity contribution in [3.63, 3.8) is 0 Å². The molecule has 0 aromatic heterocycles. The van der Waals surface area contributed by atoms with Crippen LogP contribution in [0.25, 0.3) is 0 Å². The van der Waals surface area contributed by atoms with Crippen LogP contribution in [0.15, 0.2) is 30.3 Å². The molecule has 1 fully saturated rings. The Morgan fingerprint density at radius 2 is 1.76 bits per heavy atom. The number of nitrogens with two attached hydrogens (primary N) is 3. The molecule has 0 saturated carbocycles. The van der Waals surface area contributed by atoms with Crippen LogP contribution in [0.4, 0.5) is 0 Å². The average Bonchev–Trinajstić information content (AvgIpc) is 3.11. The molecular weight excluding hydrogens is 462 g/mol. The van der Waals surface area contributed by atoms with Gasteiger partial charge in [-0.3, -0.25) is 14.4 Å². The second-order valence-electron chi connectivity index (χ2n) is 9.84. The molecule has 188 valence electrons. The Balaban J connectivity index is 2.45. The highest BCUT2D eigenvalue weighted by Crippen LogP contribution is 2.40. The summed E-state index contributed by atoms with van der Waals surface area (Å²) in [6.07, 6.45) is -1.83. The van der Waals surface area contributed by atoms with Crippen LogP contribution >= 0.6 is 11.6 Å². The van der Waals surface area contributed by atoms with Crippen molar-refractivity contribution in [3.05, 3.63) is 35.9 Å². The van der Waals surface area contributed by atoms with E-state index in [0.717, 1.165) is 5.56 Å². The summed E-state index contributed by atoms with van der Waals surface area (Å²) >= 11 is 6.39. The number of benzene rings is 1. The summed E-state index contributed by atoms with van der Waals surface area (Å²) in [4.78, 5) is 50.1. The van der Waals surface area contributed by atoms with Crippen LogP contribution in [0.1, 0.15) is 39.2 Å². The topological polar surface area (TPSA) is 179 Å². The van der Waals surface area contributed by atoms with E-state index in [2.05, 4.69) is 5.32 Å². The Hall–Kier alpha value is -2.53. The van der Waals surface area contributed by atoms with Crippen molar-refractivity contribution in [2.45, 2.75) is 75.2 Å². The minimum Gasteiger partial charge on any atom is -0.378 e.